The summed E-state index contributed by atoms with van der Waals surface area (Å²) >= 11 is 0. The zero-order chi connectivity index (χ0) is 13.9. The summed E-state index contributed by atoms with van der Waals surface area (Å²) in [5.41, 5.74) is 5.06. The Bertz CT molecular complexity index is 519. The molecule has 2 atom stereocenters. The number of hydrogen-bond donors (Lipinski definition) is 3. The van der Waals surface area contributed by atoms with Crippen LogP contribution in [0.4, 0.5) is 0 Å². The SMILES string of the molecule is NC(=O)C1C=CC=CC1(O)CCc1ccc(O)cc1. The second-order valence-corrected chi connectivity index (χ2v) is 4.78. The molecule has 2 unspecified atom stereocenters. The lowest BCUT2D eigenvalue weighted by Gasteiger charge is -2.31. The van der Waals surface area contributed by atoms with Crippen LogP contribution in [0.2, 0.25) is 0 Å². The fourth-order valence-corrected chi connectivity index (χ4v) is 2.25. The summed E-state index contributed by atoms with van der Waals surface area (Å²) < 4.78 is 0. The number of primary amides is 1. The van der Waals surface area contributed by atoms with Crippen LogP contribution in [-0.4, -0.2) is 21.7 Å². The van der Waals surface area contributed by atoms with Gasteiger partial charge in [0.25, 0.3) is 0 Å². The van der Waals surface area contributed by atoms with Crippen molar-refractivity contribution in [2.45, 2.75) is 18.4 Å². The minimum atomic E-state index is -1.24. The molecule has 100 valence electrons. The molecule has 0 radical (unpaired) electrons. The van der Waals surface area contributed by atoms with Gasteiger partial charge in [0.15, 0.2) is 0 Å². The van der Waals surface area contributed by atoms with Crippen molar-refractivity contribution in [3.05, 3.63) is 54.1 Å². The summed E-state index contributed by atoms with van der Waals surface area (Å²) in [4.78, 5) is 11.4. The molecule has 4 N–H and O–H groups in total. The first-order valence-electron chi connectivity index (χ1n) is 6.17. The highest BCUT2D eigenvalue weighted by Gasteiger charge is 2.37. The Morgan fingerprint density at radius 3 is 2.58 bits per heavy atom. The van der Waals surface area contributed by atoms with Crippen molar-refractivity contribution in [3.63, 3.8) is 0 Å². The lowest BCUT2D eigenvalue weighted by atomic mass is 9.79. The van der Waals surface area contributed by atoms with Crippen LogP contribution in [0.5, 0.6) is 5.75 Å². The van der Waals surface area contributed by atoms with Gasteiger partial charge in [-0.1, -0.05) is 36.4 Å². The summed E-state index contributed by atoms with van der Waals surface area (Å²) in [5, 5.41) is 19.7. The highest BCUT2D eigenvalue weighted by molar-refractivity contribution is 5.80. The van der Waals surface area contributed by atoms with E-state index in [1.807, 2.05) is 0 Å². The van der Waals surface area contributed by atoms with E-state index >= 15 is 0 Å². The number of nitrogens with two attached hydrogens (primary N) is 1. The molecule has 0 heterocycles. The van der Waals surface area contributed by atoms with Gasteiger partial charge in [-0.05, 0) is 30.5 Å². The number of rotatable bonds is 4. The van der Waals surface area contributed by atoms with E-state index in [-0.39, 0.29) is 5.75 Å². The Balaban J connectivity index is 2.08. The second kappa shape index (κ2) is 5.28. The quantitative estimate of drug-likeness (QED) is 0.761. The van der Waals surface area contributed by atoms with Crippen molar-refractivity contribution >= 4 is 5.91 Å². The van der Waals surface area contributed by atoms with Gasteiger partial charge in [0.05, 0.1) is 11.5 Å². The van der Waals surface area contributed by atoms with E-state index in [4.69, 9.17) is 5.73 Å². The first kappa shape index (κ1) is 13.4. The summed E-state index contributed by atoms with van der Waals surface area (Å²) in [6, 6.07) is 6.78. The maximum absolute atomic E-state index is 11.4. The Kier molecular flexibility index (Phi) is 3.71. The van der Waals surface area contributed by atoms with E-state index in [2.05, 4.69) is 0 Å². The first-order valence-corrected chi connectivity index (χ1v) is 6.17. The first-order chi connectivity index (χ1) is 9.01. The average Bonchev–Trinajstić information content (AvgIpc) is 2.38. The highest BCUT2D eigenvalue weighted by Crippen LogP contribution is 2.29. The van der Waals surface area contributed by atoms with Gasteiger partial charge in [0.1, 0.15) is 5.75 Å². The van der Waals surface area contributed by atoms with Gasteiger partial charge in [0, 0.05) is 0 Å². The van der Waals surface area contributed by atoms with E-state index in [1.165, 1.54) is 0 Å². The Hall–Kier alpha value is -2.07. The average molecular weight is 259 g/mol. The molecule has 19 heavy (non-hydrogen) atoms. The number of aliphatic hydroxyl groups is 1. The van der Waals surface area contributed by atoms with E-state index in [1.54, 1.807) is 48.6 Å². The lowest BCUT2D eigenvalue weighted by molar-refractivity contribution is -0.126. The molecule has 0 aromatic heterocycles. The van der Waals surface area contributed by atoms with Crippen LogP contribution in [0.1, 0.15) is 12.0 Å². The molecule has 0 spiro atoms. The van der Waals surface area contributed by atoms with Crippen molar-refractivity contribution < 1.29 is 15.0 Å². The molecule has 0 aliphatic heterocycles. The number of hydrogen-bond acceptors (Lipinski definition) is 3. The lowest BCUT2D eigenvalue weighted by Crippen LogP contribution is -2.44. The standard InChI is InChI=1S/C15H17NO3/c16-14(18)13-3-1-2-9-15(13,19)10-8-11-4-6-12(17)7-5-11/h1-7,9,13,17,19H,8,10H2,(H2,16,18). The zero-order valence-electron chi connectivity index (χ0n) is 10.5. The third-order valence-electron chi connectivity index (χ3n) is 3.40. The summed E-state index contributed by atoms with van der Waals surface area (Å²) in [5.74, 6) is -1.03. The number of aromatic hydroxyl groups is 1. The largest absolute Gasteiger partial charge is 0.508 e. The fraction of sp³-hybridized carbons (Fsp3) is 0.267. The number of benzene rings is 1. The molecule has 1 amide bonds. The maximum Gasteiger partial charge on any atom is 0.227 e. The molecule has 1 aromatic rings. The smallest absolute Gasteiger partial charge is 0.227 e. The van der Waals surface area contributed by atoms with E-state index < -0.39 is 17.4 Å². The molecule has 1 aliphatic carbocycles. The van der Waals surface area contributed by atoms with Gasteiger partial charge >= 0.3 is 0 Å². The summed E-state index contributed by atoms with van der Waals surface area (Å²) in [7, 11) is 0. The molecule has 0 saturated carbocycles. The second-order valence-electron chi connectivity index (χ2n) is 4.78. The van der Waals surface area contributed by atoms with Crippen LogP contribution in [0.25, 0.3) is 0 Å². The van der Waals surface area contributed by atoms with Crippen LogP contribution in [0, 0.1) is 5.92 Å². The number of carbonyl (C=O) groups is 1. The van der Waals surface area contributed by atoms with Crippen molar-refractivity contribution in [2.24, 2.45) is 11.7 Å². The summed E-state index contributed by atoms with van der Waals surface area (Å²) in [6.45, 7) is 0. The van der Waals surface area contributed by atoms with E-state index in [9.17, 15) is 15.0 Å². The van der Waals surface area contributed by atoms with Gasteiger partial charge in [0.2, 0.25) is 5.91 Å². The number of carbonyl (C=O) groups excluding carboxylic acids is 1. The number of amides is 1. The van der Waals surface area contributed by atoms with Crippen molar-refractivity contribution in [1.82, 2.24) is 0 Å². The topological polar surface area (TPSA) is 83.6 Å². The number of aryl methyl sites for hydroxylation is 1. The highest BCUT2D eigenvalue weighted by atomic mass is 16.3. The van der Waals surface area contributed by atoms with Crippen LogP contribution >= 0.6 is 0 Å². The zero-order valence-corrected chi connectivity index (χ0v) is 10.5. The molecular weight excluding hydrogens is 242 g/mol. The van der Waals surface area contributed by atoms with E-state index in [0.29, 0.717) is 12.8 Å². The van der Waals surface area contributed by atoms with E-state index in [0.717, 1.165) is 5.56 Å². The third kappa shape index (κ3) is 3.03. The predicted octanol–water partition coefficient (Wildman–Crippen LogP) is 1.28. The molecule has 0 fully saturated rings. The molecule has 0 bridgehead atoms. The molecule has 2 rings (SSSR count). The predicted molar refractivity (Wildman–Crippen MR) is 72.3 cm³/mol. The maximum atomic E-state index is 11.4. The van der Waals surface area contributed by atoms with Gasteiger partial charge < -0.3 is 15.9 Å². The molecule has 1 aromatic carbocycles. The minimum absolute atomic E-state index is 0.206. The van der Waals surface area contributed by atoms with Crippen LogP contribution in [0.15, 0.2) is 48.6 Å². The molecular formula is C15H17NO3. The molecule has 4 heteroatoms. The van der Waals surface area contributed by atoms with Gasteiger partial charge in [-0.2, -0.15) is 0 Å². The van der Waals surface area contributed by atoms with Gasteiger partial charge in [-0.15, -0.1) is 0 Å². The fourth-order valence-electron chi connectivity index (χ4n) is 2.25. The number of phenols is 1. The normalized spacial score (nSPS) is 25.4. The number of allylic oxidation sites excluding steroid dienone is 2. The van der Waals surface area contributed by atoms with Gasteiger partial charge in [-0.25, -0.2) is 0 Å². The Morgan fingerprint density at radius 1 is 1.26 bits per heavy atom. The third-order valence-corrected chi connectivity index (χ3v) is 3.40. The minimum Gasteiger partial charge on any atom is -0.508 e. The van der Waals surface area contributed by atoms with Crippen LogP contribution in [-0.2, 0) is 11.2 Å². The molecule has 0 saturated heterocycles. The van der Waals surface area contributed by atoms with Crippen LogP contribution < -0.4 is 5.73 Å². The van der Waals surface area contributed by atoms with Crippen molar-refractivity contribution in [2.75, 3.05) is 0 Å². The van der Waals surface area contributed by atoms with Crippen LogP contribution in [0.3, 0.4) is 0 Å². The summed E-state index contributed by atoms with van der Waals surface area (Å²) in [6.07, 6.45) is 7.66. The Morgan fingerprint density at radius 2 is 1.95 bits per heavy atom. The van der Waals surface area contributed by atoms with Crippen molar-refractivity contribution in [3.8, 4) is 5.75 Å². The van der Waals surface area contributed by atoms with Gasteiger partial charge in [-0.3, -0.25) is 4.79 Å². The molecule has 1 aliphatic rings. The number of phenolic OH excluding ortho intramolecular Hbond substituents is 1. The van der Waals surface area contributed by atoms with Crippen molar-refractivity contribution in [1.29, 1.82) is 0 Å². The monoisotopic (exact) mass is 259 g/mol. The Labute approximate surface area is 111 Å². The molecule has 4 nitrogen and oxygen atoms in total.